The molecule has 1 fully saturated rings. The molecule has 0 radical (unpaired) electrons. The molecule has 29 heavy (non-hydrogen) atoms. The molecule has 0 bridgehead atoms. The molecule has 4 aromatic rings. The van der Waals surface area contributed by atoms with E-state index in [4.69, 9.17) is 0 Å². The van der Waals surface area contributed by atoms with Crippen LogP contribution in [0.25, 0.3) is 27.7 Å². The van der Waals surface area contributed by atoms with Crippen molar-refractivity contribution in [3.8, 4) is 11.1 Å². The van der Waals surface area contributed by atoms with Crippen molar-refractivity contribution in [1.29, 1.82) is 0 Å². The van der Waals surface area contributed by atoms with Gasteiger partial charge in [0.25, 0.3) is 0 Å². The van der Waals surface area contributed by atoms with E-state index in [1.807, 2.05) is 19.1 Å². The van der Waals surface area contributed by atoms with Crippen LogP contribution >= 0.6 is 0 Å². The molecule has 3 heterocycles. The molecule has 6 heteroatoms. The minimum atomic E-state index is -0.217. The van der Waals surface area contributed by atoms with E-state index >= 15 is 0 Å². The van der Waals surface area contributed by atoms with Gasteiger partial charge in [0.05, 0.1) is 12.1 Å². The molecule has 2 aromatic heterocycles. The standard InChI is InChI=1S/C23H24N4O2/c1-15-11-22-24-25-23(29)27(22)21-9-8-18(12-20(15)21)17-6-4-16(5-7-17)13-26-10-2-3-19(26)14-28/h4-9,11-12,19,28H,2-3,10,13-14H2,1H3,(H,25,29)/t19-/m0/s1. The maximum absolute atomic E-state index is 12.1. The Balaban J connectivity index is 1.47. The van der Waals surface area contributed by atoms with Crippen LogP contribution in [-0.2, 0) is 6.54 Å². The second-order valence-electron chi connectivity index (χ2n) is 7.93. The lowest BCUT2D eigenvalue weighted by molar-refractivity contribution is 0.153. The molecular formula is C23H24N4O2. The summed E-state index contributed by atoms with van der Waals surface area (Å²) in [5.41, 5.74) is 5.91. The molecule has 2 N–H and O–H groups in total. The zero-order chi connectivity index (χ0) is 20.0. The highest BCUT2D eigenvalue weighted by atomic mass is 16.3. The number of aliphatic hydroxyl groups excluding tert-OH is 1. The van der Waals surface area contributed by atoms with Gasteiger partial charge in [-0.1, -0.05) is 30.3 Å². The minimum absolute atomic E-state index is 0.217. The van der Waals surface area contributed by atoms with Crippen LogP contribution in [-0.4, -0.2) is 43.8 Å². The highest BCUT2D eigenvalue weighted by Gasteiger charge is 2.23. The van der Waals surface area contributed by atoms with Crippen molar-refractivity contribution in [2.75, 3.05) is 13.2 Å². The van der Waals surface area contributed by atoms with Gasteiger partial charge in [-0.3, -0.25) is 4.90 Å². The van der Waals surface area contributed by atoms with Crippen LogP contribution in [0.4, 0.5) is 0 Å². The molecule has 0 unspecified atom stereocenters. The average molecular weight is 388 g/mol. The molecule has 5 rings (SSSR count). The fourth-order valence-corrected chi connectivity index (χ4v) is 4.48. The molecule has 0 spiro atoms. The summed E-state index contributed by atoms with van der Waals surface area (Å²) in [7, 11) is 0. The summed E-state index contributed by atoms with van der Waals surface area (Å²) in [4.78, 5) is 14.5. The third-order valence-electron chi connectivity index (χ3n) is 6.09. The molecule has 1 atom stereocenters. The quantitative estimate of drug-likeness (QED) is 0.563. The van der Waals surface area contributed by atoms with Crippen molar-refractivity contribution in [2.24, 2.45) is 0 Å². The summed E-state index contributed by atoms with van der Waals surface area (Å²) in [5, 5.41) is 17.2. The number of nitrogens with one attached hydrogen (secondary N) is 1. The summed E-state index contributed by atoms with van der Waals surface area (Å²) in [6, 6.07) is 17.1. The molecule has 148 valence electrons. The first kappa shape index (κ1) is 18.1. The lowest BCUT2D eigenvalue weighted by atomic mass is 10.00. The normalized spacial score (nSPS) is 17.5. The van der Waals surface area contributed by atoms with Gasteiger partial charge in [0.1, 0.15) is 0 Å². The fourth-order valence-electron chi connectivity index (χ4n) is 4.48. The van der Waals surface area contributed by atoms with Crippen molar-refractivity contribution < 1.29 is 5.11 Å². The Morgan fingerprint density at radius 2 is 1.93 bits per heavy atom. The van der Waals surface area contributed by atoms with Crippen LogP contribution in [0.2, 0.25) is 0 Å². The number of fused-ring (bicyclic) bond motifs is 3. The maximum Gasteiger partial charge on any atom is 0.348 e. The zero-order valence-electron chi connectivity index (χ0n) is 16.4. The first-order valence-corrected chi connectivity index (χ1v) is 10.1. The number of aryl methyl sites for hydroxylation is 1. The zero-order valence-corrected chi connectivity index (χ0v) is 16.4. The van der Waals surface area contributed by atoms with E-state index in [1.54, 1.807) is 4.40 Å². The van der Waals surface area contributed by atoms with E-state index in [2.05, 4.69) is 51.5 Å². The van der Waals surface area contributed by atoms with Crippen LogP contribution < -0.4 is 5.69 Å². The first-order chi connectivity index (χ1) is 14.1. The van der Waals surface area contributed by atoms with Gasteiger partial charge in [0.2, 0.25) is 0 Å². The summed E-state index contributed by atoms with van der Waals surface area (Å²) < 4.78 is 1.61. The molecule has 0 amide bonds. The second kappa shape index (κ2) is 7.13. The molecule has 2 aromatic carbocycles. The number of benzene rings is 2. The predicted molar refractivity (Wildman–Crippen MR) is 114 cm³/mol. The topological polar surface area (TPSA) is 73.6 Å². The number of hydrogen-bond donors (Lipinski definition) is 2. The smallest absolute Gasteiger partial charge is 0.348 e. The first-order valence-electron chi connectivity index (χ1n) is 10.1. The number of H-pyrrole nitrogens is 1. The van der Waals surface area contributed by atoms with Crippen LogP contribution in [0.1, 0.15) is 24.0 Å². The summed E-state index contributed by atoms with van der Waals surface area (Å²) in [5.74, 6) is 0. The highest BCUT2D eigenvalue weighted by Crippen LogP contribution is 2.28. The SMILES string of the molecule is Cc1cc2n[nH]c(=O)n2c2ccc(-c3ccc(CN4CCC[C@H]4CO)cc3)cc12. The molecule has 0 aliphatic carbocycles. The van der Waals surface area contributed by atoms with Gasteiger partial charge in [-0.25, -0.2) is 14.3 Å². The van der Waals surface area contributed by atoms with Crippen molar-refractivity contribution >= 4 is 16.6 Å². The molecule has 1 aliphatic rings. The van der Waals surface area contributed by atoms with Gasteiger partial charge in [-0.15, -0.1) is 0 Å². The Bertz CT molecular complexity index is 1240. The second-order valence-corrected chi connectivity index (χ2v) is 7.93. The van der Waals surface area contributed by atoms with E-state index in [9.17, 15) is 9.90 Å². The number of hydrogen-bond acceptors (Lipinski definition) is 4. The van der Waals surface area contributed by atoms with Crippen LogP contribution in [0, 0.1) is 6.92 Å². The Morgan fingerprint density at radius 3 is 2.72 bits per heavy atom. The van der Waals surface area contributed by atoms with E-state index in [-0.39, 0.29) is 12.3 Å². The summed E-state index contributed by atoms with van der Waals surface area (Å²) >= 11 is 0. The van der Waals surface area contributed by atoms with E-state index in [1.165, 1.54) is 5.56 Å². The lowest BCUT2D eigenvalue weighted by Gasteiger charge is -2.22. The molecule has 1 aliphatic heterocycles. The van der Waals surface area contributed by atoms with E-state index in [0.717, 1.165) is 53.5 Å². The summed E-state index contributed by atoms with van der Waals surface area (Å²) in [6.07, 6.45) is 2.24. The third kappa shape index (κ3) is 3.14. The van der Waals surface area contributed by atoms with E-state index in [0.29, 0.717) is 11.7 Å². The monoisotopic (exact) mass is 388 g/mol. The highest BCUT2D eigenvalue weighted by molar-refractivity contribution is 5.89. The van der Waals surface area contributed by atoms with Crippen LogP contribution in [0.15, 0.2) is 53.3 Å². The van der Waals surface area contributed by atoms with E-state index < -0.39 is 0 Å². The van der Waals surface area contributed by atoms with Gasteiger partial charge < -0.3 is 5.11 Å². The maximum atomic E-state index is 12.1. The van der Waals surface area contributed by atoms with Gasteiger partial charge in [-0.05, 0) is 66.8 Å². The summed E-state index contributed by atoms with van der Waals surface area (Å²) in [6.45, 7) is 4.21. The van der Waals surface area contributed by atoms with Gasteiger partial charge in [0, 0.05) is 18.0 Å². The van der Waals surface area contributed by atoms with Crippen molar-refractivity contribution in [1.82, 2.24) is 19.5 Å². The molecule has 1 saturated heterocycles. The van der Waals surface area contributed by atoms with Crippen molar-refractivity contribution in [3.05, 3.63) is 70.1 Å². The Hall–Kier alpha value is -2.96. The Morgan fingerprint density at radius 1 is 1.14 bits per heavy atom. The lowest BCUT2D eigenvalue weighted by Crippen LogP contribution is -2.31. The Kier molecular flexibility index (Phi) is 4.45. The largest absolute Gasteiger partial charge is 0.395 e. The van der Waals surface area contributed by atoms with Crippen molar-refractivity contribution in [3.63, 3.8) is 0 Å². The van der Waals surface area contributed by atoms with Crippen molar-refractivity contribution in [2.45, 2.75) is 32.4 Å². The number of nitrogens with zero attached hydrogens (tertiary/aromatic N) is 3. The van der Waals surface area contributed by atoms with Gasteiger partial charge >= 0.3 is 5.69 Å². The number of aliphatic hydroxyl groups is 1. The molecule has 6 nitrogen and oxygen atoms in total. The number of rotatable bonds is 4. The predicted octanol–water partition coefficient (Wildman–Crippen LogP) is 3.11. The van der Waals surface area contributed by atoms with Gasteiger partial charge in [-0.2, -0.15) is 5.10 Å². The molecular weight excluding hydrogens is 364 g/mol. The minimum Gasteiger partial charge on any atom is -0.395 e. The van der Waals surface area contributed by atoms with Gasteiger partial charge in [0.15, 0.2) is 5.65 Å². The number of aromatic amines is 1. The third-order valence-corrected chi connectivity index (χ3v) is 6.09. The van der Waals surface area contributed by atoms with Crippen LogP contribution in [0.3, 0.4) is 0 Å². The fraction of sp³-hybridized carbons (Fsp3) is 0.304. The van der Waals surface area contributed by atoms with Crippen LogP contribution in [0.5, 0.6) is 0 Å². The number of likely N-dealkylation sites (tertiary alicyclic amines) is 1. The Labute approximate surface area is 168 Å². The number of aromatic nitrogens is 3. The molecule has 0 saturated carbocycles. The number of pyridine rings is 1. The average Bonchev–Trinajstić information content (AvgIpc) is 3.34.